The van der Waals surface area contributed by atoms with E-state index in [4.69, 9.17) is 0 Å². The van der Waals surface area contributed by atoms with E-state index >= 15 is 0 Å². The molecule has 2 amide bonds. The first kappa shape index (κ1) is 18.2. The molecule has 0 spiro atoms. The zero-order valence-electron chi connectivity index (χ0n) is 15.7. The van der Waals surface area contributed by atoms with Crippen molar-refractivity contribution < 1.29 is 4.79 Å². The molecule has 1 N–H and O–H groups in total. The van der Waals surface area contributed by atoms with Crippen LogP contribution in [-0.4, -0.2) is 73.6 Å². The molecule has 0 radical (unpaired) electrons. The van der Waals surface area contributed by atoms with Gasteiger partial charge in [-0.25, -0.2) is 4.79 Å². The fraction of sp³-hybridized carbons (Fsp3) is 0.650. The second-order valence-electron chi connectivity index (χ2n) is 7.62. The summed E-state index contributed by atoms with van der Waals surface area (Å²) in [4.78, 5) is 19.5. The lowest BCUT2D eigenvalue weighted by molar-refractivity contribution is 0.110. The minimum absolute atomic E-state index is 0.0526. The summed E-state index contributed by atoms with van der Waals surface area (Å²) in [6.45, 7) is 9.74. The summed E-state index contributed by atoms with van der Waals surface area (Å²) in [5.74, 6) is 0.735. The lowest BCUT2D eigenvalue weighted by Gasteiger charge is -2.38. The van der Waals surface area contributed by atoms with Gasteiger partial charge in [-0.05, 0) is 38.3 Å². The number of rotatable bonds is 4. The van der Waals surface area contributed by atoms with Gasteiger partial charge in [-0.15, -0.1) is 0 Å². The summed E-state index contributed by atoms with van der Waals surface area (Å²) in [5, 5.41) is 3.14. The largest absolute Gasteiger partial charge is 0.331 e. The van der Waals surface area contributed by atoms with Crippen molar-refractivity contribution in [3.63, 3.8) is 0 Å². The third kappa shape index (κ3) is 5.19. The highest BCUT2D eigenvalue weighted by Crippen LogP contribution is 2.20. The van der Waals surface area contributed by atoms with Crippen molar-refractivity contribution in [2.75, 3.05) is 52.9 Å². The smallest absolute Gasteiger partial charge is 0.317 e. The number of carbonyl (C=O) groups excluding carboxylic acids is 1. The van der Waals surface area contributed by atoms with E-state index in [-0.39, 0.29) is 12.1 Å². The summed E-state index contributed by atoms with van der Waals surface area (Å²) in [6, 6.07) is 10.3. The number of benzene rings is 1. The summed E-state index contributed by atoms with van der Waals surface area (Å²) in [5.41, 5.74) is 1.15. The molecule has 5 nitrogen and oxygen atoms in total. The highest BCUT2D eigenvalue weighted by Gasteiger charge is 2.26. The Balaban J connectivity index is 1.40. The fourth-order valence-electron chi connectivity index (χ4n) is 3.82. The van der Waals surface area contributed by atoms with Crippen LogP contribution >= 0.6 is 0 Å². The number of likely N-dealkylation sites (tertiary alicyclic amines) is 1. The third-order valence-corrected chi connectivity index (χ3v) is 5.65. The van der Waals surface area contributed by atoms with Gasteiger partial charge in [-0.1, -0.05) is 30.3 Å². The van der Waals surface area contributed by atoms with Gasteiger partial charge in [-0.3, -0.25) is 0 Å². The summed E-state index contributed by atoms with van der Waals surface area (Å²) >= 11 is 0. The fourth-order valence-corrected chi connectivity index (χ4v) is 3.82. The van der Waals surface area contributed by atoms with E-state index in [0.717, 1.165) is 37.4 Å². The average molecular weight is 345 g/mol. The Hall–Kier alpha value is -1.59. The molecule has 2 aliphatic rings. The molecule has 0 aromatic heterocycles. The number of piperazine rings is 1. The predicted molar refractivity (Wildman–Crippen MR) is 102 cm³/mol. The summed E-state index contributed by atoms with van der Waals surface area (Å²) in [6.07, 6.45) is 2.25. The maximum absolute atomic E-state index is 12.5. The molecule has 5 heteroatoms. The van der Waals surface area contributed by atoms with Crippen LogP contribution in [0.1, 0.15) is 31.4 Å². The predicted octanol–water partition coefficient (Wildman–Crippen LogP) is 2.42. The molecule has 0 saturated carbocycles. The van der Waals surface area contributed by atoms with Crippen LogP contribution in [-0.2, 0) is 0 Å². The van der Waals surface area contributed by atoms with Crippen LogP contribution in [0.2, 0.25) is 0 Å². The molecular formula is C20H32N4O. The molecule has 1 aromatic rings. The Morgan fingerprint density at radius 2 is 1.72 bits per heavy atom. The van der Waals surface area contributed by atoms with Gasteiger partial charge in [0.2, 0.25) is 0 Å². The van der Waals surface area contributed by atoms with Gasteiger partial charge in [0, 0.05) is 45.8 Å². The van der Waals surface area contributed by atoms with Gasteiger partial charge >= 0.3 is 6.03 Å². The van der Waals surface area contributed by atoms with E-state index in [1.165, 1.54) is 32.7 Å². The molecule has 2 aliphatic heterocycles. The number of nitrogens with one attached hydrogen (secondary N) is 1. The van der Waals surface area contributed by atoms with Crippen molar-refractivity contribution in [3.8, 4) is 0 Å². The van der Waals surface area contributed by atoms with Crippen molar-refractivity contribution in [1.82, 2.24) is 20.0 Å². The molecular weight excluding hydrogens is 312 g/mol. The molecule has 0 unspecified atom stereocenters. The van der Waals surface area contributed by atoms with Crippen LogP contribution < -0.4 is 5.32 Å². The third-order valence-electron chi connectivity index (χ3n) is 5.65. The zero-order valence-corrected chi connectivity index (χ0v) is 15.7. The maximum atomic E-state index is 12.5. The number of hydrogen-bond acceptors (Lipinski definition) is 3. The first-order valence-electron chi connectivity index (χ1n) is 9.63. The van der Waals surface area contributed by atoms with E-state index in [0.29, 0.717) is 0 Å². The van der Waals surface area contributed by atoms with E-state index in [9.17, 15) is 4.79 Å². The summed E-state index contributed by atoms with van der Waals surface area (Å²) < 4.78 is 0. The molecule has 2 heterocycles. The Kier molecular flexibility index (Phi) is 6.32. The van der Waals surface area contributed by atoms with Crippen LogP contribution in [0.25, 0.3) is 0 Å². The number of nitrogens with zero attached hydrogens (tertiary/aromatic N) is 3. The topological polar surface area (TPSA) is 38.8 Å². The molecule has 25 heavy (non-hydrogen) atoms. The molecule has 2 saturated heterocycles. The molecule has 3 rings (SSSR count). The Morgan fingerprint density at radius 3 is 2.36 bits per heavy atom. The molecule has 2 fully saturated rings. The van der Waals surface area contributed by atoms with Gasteiger partial charge in [-0.2, -0.15) is 0 Å². The Bertz CT molecular complexity index is 534. The van der Waals surface area contributed by atoms with Gasteiger partial charge in [0.15, 0.2) is 0 Å². The molecule has 1 aromatic carbocycles. The minimum Gasteiger partial charge on any atom is -0.331 e. The van der Waals surface area contributed by atoms with Crippen molar-refractivity contribution in [2.24, 2.45) is 5.92 Å². The van der Waals surface area contributed by atoms with Crippen LogP contribution in [0.5, 0.6) is 0 Å². The number of piperidine rings is 1. The SMILES string of the molecule is C[C@@H](NC(=O)N1CCC(CN2CCN(C)CC2)CC1)c1ccccc1. The monoisotopic (exact) mass is 344 g/mol. The lowest BCUT2D eigenvalue weighted by Crippen LogP contribution is -2.49. The molecule has 1 atom stereocenters. The zero-order chi connectivity index (χ0) is 17.6. The van der Waals surface area contributed by atoms with Crippen molar-refractivity contribution in [1.29, 1.82) is 0 Å². The number of hydrogen-bond donors (Lipinski definition) is 1. The first-order chi connectivity index (χ1) is 12.1. The lowest BCUT2D eigenvalue weighted by atomic mass is 9.96. The second-order valence-corrected chi connectivity index (χ2v) is 7.62. The second kappa shape index (κ2) is 8.68. The standard InChI is InChI=1S/C20H32N4O/c1-17(19-6-4-3-5-7-19)21-20(25)24-10-8-18(9-11-24)16-23-14-12-22(2)13-15-23/h3-7,17-18H,8-16H2,1-2H3,(H,21,25)/t17-/m1/s1. The van der Waals surface area contributed by atoms with Crippen LogP contribution in [0.4, 0.5) is 4.79 Å². The van der Waals surface area contributed by atoms with E-state index in [1.54, 1.807) is 0 Å². The van der Waals surface area contributed by atoms with E-state index in [1.807, 2.05) is 30.0 Å². The van der Waals surface area contributed by atoms with Crippen LogP contribution in [0.3, 0.4) is 0 Å². The molecule has 0 bridgehead atoms. The van der Waals surface area contributed by atoms with Crippen molar-refractivity contribution in [3.05, 3.63) is 35.9 Å². The molecule has 138 valence electrons. The van der Waals surface area contributed by atoms with Gasteiger partial charge in [0.25, 0.3) is 0 Å². The van der Waals surface area contributed by atoms with E-state index < -0.39 is 0 Å². The van der Waals surface area contributed by atoms with Crippen molar-refractivity contribution in [2.45, 2.75) is 25.8 Å². The Morgan fingerprint density at radius 1 is 1.08 bits per heavy atom. The van der Waals surface area contributed by atoms with Gasteiger partial charge in [0.1, 0.15) is 0 Å². The van der Waals surface area contributed by atoms with Crippen LogP contribution in [0.15, 0.2) is 30.3 Å². The van der Waals surface area contributed by atoms with E-state index in [2.05, 4.69) is 34.3 Å². The van der Waals surface area contributed by atoms with Crippen LogP contribution in [0, 0.1) is 5.92 Å². The first-order valence-corrected chi connectivity index (χ1v) is 9.63. The molecule has 0 aliphatic carbocycles. The number of amides is 2. The van der Waals surface area contributed by atoms with Gasteiger partial charge in [0.05, 0.1) is 6.04 Å². The highest BCUT2D eigenvalue weighted by molar-refractivity contribution is 5.74. The average Bonchev–Trinajstić information content (AvgIpc) is 2.65. The van der Waals surface area contributed by atoms with Gasteiger partial charge < -0.3 is 20.0 Å². The summed E-state index contributed by atoms with van der Waals surface area (Å²) in [7, 11) is 2.20. The number of likely N-dealkylation sites (N-methyl/N-ethyl adjacent to an activating group) is 1. The van der Waals surface area contributed by atoms with Crippen molar-refractivity contribution >= 4 is 6.03 Å². The Labute approximate surface area is 152 Å². The number of urea groups is 1. The normalized spacial score (nSPS) is 21.9. The number of carbonyl (C=O) groups is 1. The highest BCUT2D eigenvalue weighted by atomic mass is 16.2. The quantitative estimate of drug-likeness (QED) is 0.912. The minimum atomic E-state index is 0.0526. The maximum Gasteiger partial charge on any atom is 0.317 e.